The van der Waals surface area contributed by atoms with E-state index in [0.717, 1.165) is 42.6 Å². The topological polar surface area (TPSA) is 127 Å². The zero-order valence-electron chi connectivity index (χ0n) is 28.5. The van der Waals surface area contributed by atoms with Crippen LogP contribution in [-0.4, -0.2) is 84.2 Å². The van der Waals surface area contributed by atoms with Gasteiger partial charge in [-0.1, -0.05) is 12.1 Å². The number of hydrogen-bond acceptors (Lipinski definition) is 8. The van der Waals surface area contributed by atoms with Crippen LogP contribution in [-0.2, 0) is 23.9 Å². The van der Waals surface area contributed by atoms with E-state index in [1.165, 1.54) is 7.11 Å². The summed E-state index contributed by atoms with van der Waals surface area (Å²) in [6.45, 7) is 10.3. The molecule has 3 amide bonds. The van der Waals surface area contributed by atoms with Crippen LogP contribution < -0.4 is 10.1 Å². The van der Waals surface area contributed by atoms with Crippen molar-refractivity contribution < 1.29 is 33.4 Å². The molecule has 0 bridgehead atoms. The Hall–Kier alpha value is -4.15. The van der Waals surface area contributed by atoms with Gasteiger partial charge in [0.1, 0.15) is 11.4 Å². The molecular formula is C36H50N4O7. The van der Waals surface area contributed by atoms with E-state index < -0.39 is 17.6 Å². The molecule has 0 aliphatic carbocycles. The summed E-state index contributed by atoms with van der Waals surface area (Å²) in [7, 11) is 1.32. The maximum Gasteiger partial charge on any atom is 0.410 e. The first-order valence-electron chi connectivity index (χ1n) is 16.8. The van der Waals surface area contributed by atoms with E-state index in [1.807, 2.05) is 58.0 Å². The average molecular weight is 651 g/mol. The summed E-state index contributed by atoms with van der Waals surface area (Å²) < 4.78 is 16.0. The molecule has 2 atom stereocenters. The fraction of sp³-hybridized carbons (Fsp3) is 0.583. The average Bonchev–Trinajstić information content (AvgIpc) is 3.06. The number of nitrogens with zero attached hydrogens (tertiary/aromatic N) is 3. The minimum atomic E-state index is -0.636. The molecule has 0 saturated carbocycles. The molecule has 1 N–H and O–H groups in total. The van der Waals surface area contributed by atoms with Crippen LogP contribution in [0.15, 0.2) is 42.7 Å². The van der Waals surface area contributed by atoms with E-state index in [0.29, 0.717) is 57.1 Å². The van der Waals surface area contributed by atoms with Gasteiger partial charge in [-0.25, -0.2) is 4.79 Å². The number of aromatic nitrogens is 1. The minimum absolute atomic E-state index is 0.0429. The van der Waals surface area contributed by atoms with Gasteiger partial charge >= 0.3 is 12.1 Å². The second-order valence-electron chi connectivity index (χ2n) is 13.4. The van der Waals surface area contributed by atoms with Crippen molar-refractivity contribution in [2.75, 3.05) is 39.9 Å². The van der Waals surface area contributed by atoms with Crippen LogP contribution in [0.4, 0.5) is 4.79 Å². The number of piperidine rings is 2. The Bertz CT molecular complexity index is 1370. The lowest BCUT2D eigenvalue weighted by Gasteiger charge is -2.35. The van der Waals surface area contributed by atoms with Crippen molar-refractivity contribution in [2.24, 2.45) is 11.8 Å². The van der Waals surface area contributed by atoms with Gasteiger partial charge in [0, 0.05) is 50.6 Å². The number of carbonyl (C=O) groups excluding carboxylic acids is 4. The number of esters is 1. The first kappa shape index (κ1) is 35.7. The maximum absolute atomic E-state index is 13.6. The lowest BCUT2D eigenvalue weighted by Crippen LogP contribution is -2.46. The summed E-state index contributed by atoms with van der Waals surface area (Å²) in [6.07, 6.45) is 7.32. The number of benzene rings is 1. The highest BCUT2D eigenvalue weighted by molar-refractivity contribution is 5.82. The van der Waals surface area contributed by atoms with Crippen molar-refractivity contribution in [3.8, 4) is 16.9 Å². The SMILES string of the molecule is CCOc1ccc(-c2cncc([C@H](CC(=O)OC)NC(=O)[C@@H]3CCCN(C(=O)CCC4CCN(C(=O)OC(C)(C)C)CC4)C3)c2)cc1. The zero-order chi connectivity index (χ0) is 34.0. The standard InChI is InChI=1S/C36H50N4O7/c1-6-46-30-12-10-26(11-13-30)28-20-29(23-37-22-28)31(21-33(42)45-5)38-34(43)27-8-7-17-40(24-27)32(41)14-9-25-15-18-39(19-16-25)35(44)47-36(2,3)4/h10-13,20,22-23,25,27,31H,6-9,14-19,21,24H2,1-5H3,(H,38,43)/t27-,31+/m1/s1. The van der Waals surface area contributed by atoms with Crippen LogP contribution in [0.3, 0.4) is 0 Å². The highest BCUT2D eigenvalue weighted by Crippen LogP contribution is 2.28. The number of ether oxygens (including phenoxy) is 3. The number of nitrogens with one attached hydrogen (secondary N) is 1. The number of pyridine rings is 1. The van der Waals surface area contributed by atoms with Gasteiger partial charge in [0.25, 0.3) is 0 Å². The zero-order valence-corrected chi connectivity index (χ0v) is 28.5. The van der Waals surface area contributed by atoms with Gasteiger partial charge < -0.3 is 29.3 Å². The molecule has 11 nitrogen and oxygen atoms in total. The molecule has 2 saturated heterocycles. The molecular weight excluding hydrogens is 600 g/mol. The molecule has 0 unspecified atom stereocenters. The molecule has 0 radical (unpaired) electrons. The Labute approximate surface area is 278 Å². The number of amides is 3. The first-order chi connectivity index (χ1) is 22.5. The smallest absolute Gasteiger partial charge is 0.410 e. The summed E-state index contributed by atoms with van der Waals surface area (Å²) >= 11 is 0. The van der Waals surface area contributed by atoms with Gasteiger partial charge in [-0.05, 0) is 95.0 Å². The lowest BCUT2D eigenvalue weighted by atomic mass is 9.91. The van der Waals surface area contributed by atoms with Crippen LogP contribution in [0.25, 0.3) is 11.1 Å². The van der Waals surface area contributed by atoms with Crippen LogP contribution in [0.5, 0.6) is 5.75 Å². The van der Waals surface area contributed by atoms with Crippen LogP contribution >= 0.6 is 0 Å². The van der Waals surface area contributed by atoms with Crippen molar-refractivity contribution >= 4 is 23.9 Å². The molecule has 2 fully saturated rings. The van der Waals surface area contributed by atoms with Crippen LogP contribution in [0.2, 0.25) is 0 Å². The molecule has 0 spiro atoms. The van der Waals surface area contributed by atoms with Gasteiger partial charge in [-0.15, -0.1) is 0 Å². The van der Waals surface area contributed by atoms with Crippen molar-refractivity contribution in [1.29, 1.82) is 0 Å². The summed E-state index contributed by atoms with van der Waals surface area (Å²) in [6, 6.07) is 8.96. The predicted molar refractivity (Wildman–Crippen MR) is 177 cm³/mol. The van der Waals surface area contributed by atoms with E-state index in [1.54, 1.807) is 22.2 Å². The second-order valence-corrected chi connectivity index (χ2v) is 13.4. The third-order valence-corrected chi connectivity index (χ3v) is 8.75. The van der Waals surface area contributed by atoms with Crippen molar-refractivity contribution in [3.63, 3.8) is 0 Å². The predicted octanol–water partition coefficient (Wildman–Crippen LogP) is 5.53. The molecule has 2 aliphatic heterocycles. The molecule has 2 aromatic rings. The third kappa shape index (κ3) is 10.7. The lowest BCUT2D eigenvalue weighted by molar-refractivity contribution is -0.141. The highest BCUT2D eigenvalue weighted by atomic mass is 16.6. The van der Waals surface area contributed by atoms with E-state index in [2.05, 4.69) is 10.3 Å². The summed E-state index contributed by atoms with van der Waals surface area (Å²) in [5.41, 5.74) is 1.95. The van der Waals surface area contributed by atoms with Gasteiger partial charge in [0.15, 0.2) is 0 Å². The Morgan fingerprint density at radius 1 is 0.979 bits per heavy atom. The fourth-order valence-corrected chi connectivity index (χ4v) is 6.14. The second kappa shape index (κ2) is 16.6. The van der Waals surface area contributed by atoms with Crippen LogP contribution in [0.1, 0.15) is 84.2 Å². The normalized spacial score (nSPS) is 17.9. The Balaban J connectivity index is 1.32. The number of hydrogen-bond donors (Lipinski definition) is 1. The van der Waals surface area contributed by atoms with Gasteiger partial charge in [0.05, 0.1) is 32.1 Å². The van der Waals surface area contributed by atoms with E-state index in [4.69, 9.17) is 14.2 Å². The molecule has 11 heteroatoms. The monoisotopic (exact) mass is 650 g/mol. The van der Waals surface area contributed by atoms with Gasteiger partial charge in [0.2, 0.25) is 11.8 Å². The van der Waals surface area contributed by atoms with Crippen LogP contribution in [0, 0.1) is 11.8 Å². The molecule has 256 valence electrons. The molecule has 3 heterocycles. The molecule has 47 heavy (non-hydrogen) atoms. The summed E-state index contributed by atoms with van der Waals surface area (Å²) in [4.78, 5) is 59.5. The molecule has 1 aromatic carbocycles. The maximum atomic E-state index is 13.6. The Morgan fingerprint density at radius 3 is 2.36 bits per heavy atom. The Kier molecular flexibility index (Phi) is 12.6. The van der Waals surface area contributed by atoms with E-state index in [9.17, 15) is 19.2 Å². The number of likely N-dealkylation sites (tertiary alicyclic amines) is 2. The van der Waals surface area contributed by atoms with Crippen molar-refractivity contribution in [2.45, 2.75) is 84.3 Å². The van der Waals surface area contributed by atoms with E-state index >= 15 is 0 Å². The first-order valence-corrected chi connectivity index (χ1v) is 16.8. The molecule has 2 aliphatic rings. The molecule has 1 aromatic heterocycles. The number of rotatable bonds is 11. The minimum Gasteiger partial charge on any atom is -0.494 e. The largest absolute Gasteiger partial charge is 0.494 e. The summed E-state index contributed by atoms with van der Waals surface area (Å²) in [5, 5.41) is 3.06. The quantitative estimate of drug-likeness (QED) is 0.315. The van der Waals surface area contributed by atoms with E-state index in [-0.39, 0.29) is 30.2 Å². The van der Waals surface area contributed by atoms with Crippen molar-refractivity contribution in [1.82, 2.24) is 20.1 Å². The highest BCUT2D eigenvalue weighted by Gasteiger charge is 2.32. The summed E-state index contributed by atoms with van der Waals surface area (Å²) in [5.74, 6) is 0.170. The number of methoxy groups -OCH3 is 1. The fourth-order valence-electron chi connectivity index (χ4n) is 6.14. The Morgan fingerprint density at radius 2 is 1.70 bits per heavy atom. The number of carbonyl (C=O) groups is 4. The van der Waals surface area contributed by atoms with Gasteiger partial charge in [-0.2, -0.15) is 0 Å². The van der Waals surface area contributed by atoms with Crippen molar-refractivity contribution in [3.05, 3.63) is 48.3 Å². The third-order valence-electron chi connectivity index (χ3n) is 8.75. The molecule has 4 rings (SSSR count). The van der Waals surface area contributed by atoms with Gasteiger partial charge in [-0.3, -0.25) is 19.4 Å².